The molecule has 1 atom stereocenters. The van der Waals surface area contributed by atoms with E-state index >= 15 is 0 Å². The molecule has 0 aromatic heterocycles. The van der Waals surface area contributed by atoms with E-state index in [2.05, 4.69) is 35.0 Å². The van der Waals surface area contributed by atoms with Crippen molar-refractivity contribution in [1.82, 2.24) is 0 Å². The molecule has 86 valence electrons. The van der Waals surface area contributed by atoms with Gasteiger partial charge in [-0.15, -0.1) is 0 Å². The Hall–Kier alpha value is -0.630. The van der Waals surface area contributed by atoms with Crippen molar-refractivity contribution in [2.75, 3.05) is 0 Å². The maximum Gasteiger partial charge on any atom is 0.143 e. The number of hydrogen-bond acceptors (Lipinski definition) is 1. The SMILES string of the molecule is CCCC1(c2ccc(Br)cc2)CCCC1=O. The molecule has 0 bridgehead atoms. The molecular formula is C14H17BrO. The van der Waals surface area contributed by atoms with Crippen LogP contribution in [0.2, 0.25) is 0 Å². The third-order valence-corrected chi connectivity index (χ3v) is 4.14. The number of Topliss-reactive ketones (excluding diaryl/α,β-unsaturated/α-hetero) is 1. The second-order valence-electron chi connectivity index (χ2n) is 4.62. The van der Waals surface area contributed by atoms with Gasteiger partial charge < -0.3 is 0 Å². The predicted molar refractivity (Wildman–Crippen MR) is 69.6 cm³/mol. The van der Waals surface area contributed by atoms with E-state index in [0.29, 0.717) is 5.78 Å². The molecule has 0 heterocycles. The Morgan fingerprint density at radius 1 is 1.31 bits per heavy atom. The van der Waals surface area contributed by atoms with Crippen LogP contribution in [0.3, 0.4) is 0 Å². The maximum absolute atomic E-state index is 12.2. The van der Waals surface area contributed by atoms with Gasteiger partial charge in [0.05, 0.1) is 5.41 Å². The highest BCUT2D eigenvalue weighted by molar-refractivity contribution is 9.10. The highest BCUT2D eigenvalue weighted by Gasteiger charge is 2.42. The van der Waals surface area contributed by atoms with Gasteiger partial charge in [0.15, 0.2) is 0 Å². The highest BCUT2D eigenvalue weighted by atomic mass is 79.9. The lowest BCUT2D eigenvalue weighted by Gasteiger charge is -2.27. The number of carbonyl (C=O) groups excluding carboxylic acids is 1. The van der Waals surface area contributed by atoms with E-state index in [1.54, 1.807) is 0 Å². The molecule has 1 aromatic carbocycles. The fourth-order valence-corrected chi connectivity index (χ4v) is 3.10. The van der Waals surface area contributed by atoms with Crippen LogP contribution in [0.15, 0.2) is 28.7 Å². The van der Waals surface area contributed by atoms with Crippen molar-refractivity contribution < 1.29 is 4.79 Å². The van der Waals surface area contributed by atoms with Gasteiger partial charge >= 0.3 is 0 Å². The lowest BCUT2D eigenvalue weighted by atomic mass is 9.75. The summed E-state index contributed by atoms with van der Waals surface area (Å²) in [5, 5.41) is 0. The highest BCUT2D eigenvalue weighted by Crippen LogP contribution is 2.42. The minimum atomic E-state index is -0.171. The quantitative estimate of drug-likeness (QED) is 0.809. The predicted octanol–water partition coefficient (Wildman–Crippen LogP) is 4.24. The third-order valence-electron chi connectivity index (χ3n) is 3.61. The van der Waals surface area contributed by atoms with Crippen molar-refractivity contribution in [3.05, 3.63) is 34.3 Å². The van der Waals surface area contributed by atoms with Gasteiger partial charge in [-0.1, -0.05) is 41.4 Å². The molecule has 2 rings (SSSR count). The topological polar surface area (TPSA) is 17.1 Å². The van der Waals surface area contributed by atoms with Crippen LogP contribution in [0.1, 0.15) is 44.6 Å². The zero-order chi connectivity index (χ0) is 11.6. The number of benzene rings is 1. The van der Waals surface area contributed by atoms with Gasteiger partial charge in [-0.2, -0.15) is 0 Å². The number of rotatable bonds is 3. The second-order valence-corrected chi connectivity index (χ2v) is 5.53. The maximum atomic E-state index is 12.2. The summed E-state index contributed by atoms with van der Waals surface area (Å²) in [5.41, 5.74) is 1.04. The van der Waals surface area contributed by atoms with E-state index in [0.717, 1.165) is 36.6 Å². The van der Waals surface area contributed by atoms with Gasteiger partial charge in [0.2, 0.25) is 0 Å². The summed E-state index contributed by atoms with van der Waals surface area (Å²) in [5.74, 6) is 0.441. The molecule has 0 N–H and O–H groups in total. The van der Waals surface area contributed by atoms with E-state index in [1.807, 2.05) is 12.1 Å². The Morgan fingerprint density at radius 3 is 2.50 bits per heavy atom. The first-order valence-electron chi connectivity index (χ1n) is 5.98. The Balaban J connectivity index is 2.39. The van der Waals surface area contributed by atoms with Crippen molar-refractivity contribution in [3.8, 4) is 0 Å². The van der Waals surface area contributed by atoms with Crippen molar-refractivity contribution >= 4 is 21.7 Å². The van der Waals surface area contributed by atoms with Gasteiger partial charge in [0, 0.05) is 10.9 Å². The first-order valence-corrected chi connectivity index (χ1v) is 6.78. The van der Waals surface area contributed by atoms with Crippen LogP contribution in [-0.2, 0) is 10.2 Å². The molecule has 0 spiro atoms. The lowest BCUT2D eigenvalue weighted by molar-refractivity contribution is -0.122. The van der Waals surface area contributed by atoms with Crippen molar-refractivity contribution in [3.63, 3.8) is 0 Å². The molecule has 0 aliphatic heterocycles. The lowest BCUT2D eigenvalue weighted by Crippen LogP contribution is -2.30. The normalized spacial score (nSPS) is 25.0. The third kappa shape index (κ3) is 1.95. The van der Waals surface area contributed by atoms with Crippen molar-refractivity contribution in [1.29, 1.82) is 0 Å². The molecule has 16 heavy (non-hydrogen) atoms. The molecule has 1 aliphatic rings. The van der Waals surface area contributed by atoms with Gasteiger partial charge in [-0.25, -0.2) is 0 Å². The second kappa shape index (κ2) is 4.70. The Morgan fingerprint density at radius 2 is 2.00 bits per heavy atom. The first kappa shape index (κ1) is 11.8. The van der Waals surface area contributed by atoms with Gasteiger partial charge in [0.25, 0.3) is 0 Å². The fraction of sp³-hybridized carbons (Fsp3) is 0.500. The van der Waals surface area contributed by atoms with Crippen LogP contribution < -0.4 is 0 Å². The molecule has 1 aromatic rings. The summed E-state index contributed by atoms with van der Waals surface area (Å²) in [7, 11) is 0. The molecule has 1 unspecified atom stereocenters. The van der Waals surface area contributed by atoms with Crippen molar-refractivity contribution in [2.24, 2.45) is 0 Å². The minimum Gasteiger partial charge on any atom is -0.299 e. The molecule has 0 radical (unpaired) electrons. The molecular weight excluding hydrogens is 264 g/mol. The molecule has 1 nitrogen and oxygen atoms in total. The number of halogens is 1. The summed E-state index contributed by atoms with van der Waals surface area (Å²) >= 11 is 3.44. The van der Waals surface area contributed by atoms with E-state index in [4.69, 9.17) is 0 Å². The summed E-state index contributed by atoms with van der Waals surface area (Å²) < 4.78 is 1.08. The van der Waals surface area contributed by atoms with Crippen molar-refractivity contribution in [2.45, 2.75) is 44.4 Å². The molecule has 1 saturated carbocycles. The monoisotopic (exact) mass is 280 g/mol. The average molecular weight is 281 g/mol. The Labute approximate surface area is 105 Å². The van der Waals surface area contributed by atoms with Crippen LogP contribution in [-0.4, -0.2) is 5.78 Å². The smallest absolute Gasteiger partial charge is 0.143 e. The van der Waals surface area contributed by atoms with E-state index < -0.39 is 0 Å². The summed E-state index contributed by atoms with van der Waals surface area (Å²) in [4.78, 5) is 12.2. The summed E-state index contributed by atoms with van der Waals surface area (Å²) in [6.45, 7) is 2.16. The minimum absolute atomic E-state index is 0.171. The Kier molecular flexibility index (Phi) is 3.48. The van der Waals surface area contributed by atoms with Crippen LogP contribution >= 0.6 is 15.9 Å². The van der Waals surface area contributed by atoms with Crippen LogP contribution in [0.25, 0.3) is 0 Å². The molecule has 1 aliphatic carbocycles. The summed E-state index contributed by atoms with van der Waals surface area (Å²) in [6.07, 6.45) is 4.90. The van der Waals surface area contributed by atoms with E-state index in [1.165, 1.54) is 5.56 Å². The van der Waals surface area contributed by atoms with E-state index in [9.17, 15) is 4.79 Å². The zero-order valence-corrected chi connectivity index (χ0v) is 11.2. The van der Waals surface area contributed by atoms with E-state index in [-0.39, 0.29) is 5.41 Å². The molecule has 0 amide bonds. The fourth-order valence-electron chi connectivity index (χ4n) is 2.84. The summed E-state index contributed by atoms with van der Waals surface area (Å²) in [6, 6.07) is 8.28. The van der Waals surface area contributed by atoms with Gasteiger partial charge in [-0.05, 0) is 37.0 Å². The van der Waals surface area contributed by atoms with Gasteiger partial charge in [0.1, 0.15) is 5.78 Å². The van der Waals surface area contributed by atoms with Crippen LogP contribution in [0.4, 0.5) is 0 Å². The van der Waals surface area contributed by atoms with Gasteiger partial charge in [-0.3, -0.25) is 4.79 Å². The van der Waals surface area contributed by atoms with Crippen LogP contribution in [0.5, 0.6) is 0 Å². The number of ketones is 1. The molecule has 0 saturated heterocycles. The number of hydrogen-bond donors (Lipinski definition) is 0. The molecule has 2 heteroatoms. The standard InChI is InChI=1S/C14H17BrO/c1-2-9-14(10-3-4-13(14)16)11-5-7-12(15)8-6-11/h5-8H,2-4,9-10H2,1H3. The Bertz CT molecular complexity index is 382. The zero-order valence-electron chi connectivity index (χ0n) is 9.63. The molecule has 1 fully saturated rings. The largest absolute Gasteiger partial charge is 0.299 e. The first-order chi connectivity index (χ1) is 7.69. The average Bonchev–Trinajstić information content (AvgIpc) is 2.63. The number of carbonyl (C=O) groups is 1. The van der Waals surface area contributed by atoms with Crippen LogP contribution in [0, 0.1) is 0 Å².